The molecule has 0 bridgehead atoms. The second kappa shape index (κ2) is 24.1. The summed E-state index contributed by atoms with van der Waals surface area (Å²) in [6.07, 6.45) is 4.86. The number of nitrogens with one attached hydrogen (secondary N) is 1. The van der Waals surface area contributed by atoms with E-state index in [0.29, 0.717) is 70.3 Å². The van der Waals surface area contributed by atoms with E-state index in [-0.39, 0.29) is 80.9 Å². The molecule has 1 atom stereocenters. The summed E-state index contributed by atoms with van der Waals surface area (Å²) in [4.78, 5) is 127. The van der Waals surface area contributed by atoms with Gasteiger partial charge in [-0.25, -0.2) is 9.78 Å². The van der Waals surface area contributed by atoms with Crippen molar-refractivity contribution < 1.29 is 53.6 Å². The van der Waals surface area contributed by atoms with E-state index in [1.807, 2.05) is 6.07 Å². The zero-order valence-electron chi connectivity index (χ0n) is 44.9. The number of phenolic OH excluding ortho intramolecular Hbond substituents is 3. The van der Waals surface area contributed by atoms with Gasteiger partial charge in [-0.2, -0.15) is 0 Å². The minimum atomic E-state index is -0.898. The molecule has 23 nitrogen and oxygen atoms in total. The van der Waals surface area contributed by atoms with Crippen molar-refractivity contribution in [1.82, 2.24) is 33.5 Å². The Morgan fingerprint density at radius 2 is 1.37 bits per heavy atom. The number of aromatic nitrogens is 5. The number of anilines is 1. The third kappa shape index (κ3) is 11.5. The van der Waals surface area contributed by atoms with Gasteiger partial charge >= 0.3 is 5.69 Å². The number of imide groups is 2. The van der Waals surface area contributed by atoms with E-state index >= 15 is 0 Å². The molecular weight excluding hydrogens is 1060 g/mol. The molecule has 5 amide bonds. The van der Waals surface area contributed by atoms with E-state index in [1.165, 1.54) is 56.3 Å². The van der Waals surface area contributed by atoms with Crippen molar-refractivity contribution in [2.24, 2.45) is 21.1 Å². The number of hydrogen-bond acceptors (Lipinski definition) is 16. The van der Waals surface area contributed by atoms with Gasteiger partial charge < -0.3 is 43.7 Å². The highest BCUT2D eigenvalue weighted by Crippen LogP contribution is 2.31. The number of aromatic hydroxyl groups is 4. The lowest BCUT2D eigenvalue weighted by Gasteiger charge is -2.27. The van der Waals surface area contributed by atoms with Gasteiger partial charge in [0.2, 0.25) is 17.2 Å². The van der Waals surface area contributed by atoms with E-state index < -0.39 is 40.7 Å². The predicted octanol–water partition coefficient (Wildman–Crippen LogP) is 5.38. The highest BCUT2D eigenvalue weighted by molar-refractivity contribution is 6.23. The Kier molecular flexibility index (Phi) is 16.9. The lowest BCUT2D eigenvalue weighted by Crippen LogP contribution is -2.54. The molecule has 420 valence electrons. The zero-order chi connectivity index (χ0) is 59.3. The topological polar surface area (TPSA) is 316 Å². The number of benzene rings is 5. The van der Waals surface area contributed by atoms with Gasteiger partial charge in [0.05, 0.1) is 28.5 Å². The van der Waals surface area contributed by atoms with Gasteiger partial charge in [-0.15, -0.1) is 0 Å². The molecule has 82 heavy (non-hydrogen) atoms. The van der Waals surface area contributed by atoms with Crippen molar-refractivity contribution in [3.8, 4) is 34.1 Å². The number of phenols is 3. The SMILES string of the molecule is CC(=O)CCCCn1c(=O)c2c(ncn2C)n(C)c1=O.CN(C(=O)c1c(O)c2ccccc2n(C)c1=O)c1ccccc1.O=C1CCC(N2C(=O)c3ccccc3C2=O)C(=O)N1.O=c1c(-c2ccc(O)cc2)coc2cc(O)cc(O)c12. The third-order valence-corrected chi connectivity index (χ3v) is 13.7. The highest BCUT2D eigenvalue weighted by atomic mass is 16.3. The van der Waals surface area contributed by atoms with Crippen LogP contribution < -0.4 is 32.5 Å². The number of ketones is 1. The van der Waals surface area contributed by atoms with Crippen LogP contribution in [0.2, 0.25) is 0 Å². The van der Waals surface area contributed by atoms with Crippen molar-refractivity contribution >= 4 is 74.0 Å². The van der Waals surface area contributed by atoms with Crippen molar-refractivity contribution in [2.75, 3.05) is 11.9 Å². The minimum absolute atomic E-state index is 0.00775. The summed E-state index contributed by atoms with van der Waals surface area (Å²) >= 11 is 0. The van der Waals surface area contributed by atoms with Crippen molar-refractivity contribution in [3.63, 3.8) is 0 Å². The number of hydrogen-bond donors (Lipinski definition) is 5. The van der Waals surface area contributed by atoms with Gasteiger partial charge in [-0.05, 0) is 80.3 Å². The van der Waals surface area contributed by atoms with Crippen molar-refractivity contribution in [1.29, 1.82) is 0 Å². The predicted molar refractivity (Wildman–Crippen MR) is 301 cm³/mol. The molecule has 1 saturated heterocycles. The molecule has 1 fully saturated rings. The number of nitrogens with zero attached hydrogens (tertiary/aromatic N) is 7. The van der Waals surface area contributed by atoms with Crippen LogP contribution in [0, 0.1) is 0 Å². The molecule has 0 spiro atoms. The maximum absolute atomic E-state index is 12.7. The Morgan fingerprint density at radius 3 is 2.01 bits per heavy atom. The number of fused-ring (bicyclic) bond motifs is 4. The first-order valence-electron chi connectivity index (χ1n) is 25.4. The fourth-order valence-corrected chi connectivity index (χ4v) is 9.32. The summed E-state index contributed by atoms with van der Waals surface area (Å²) in [5, 5.41) is 41.5. The van der Waals surface area contributed by atoms with Crippen LogP contribution in [0.4, 0.5) is 5.69 Å². The number of amides is 5. The Morgan fingerprint density at radius 1 is 0.732 bits per heavy atom. The van der Waals surface area contributed by atoms with Gasteiger partial charge in [0.25, 0.3) is 28.8 Å². The molecule has 5 aromatic carbocycles. The summed E-state index contributed by atoms with van der Waals surface area (Å²) in [5.74, 6) is -3.06. The third-order valence-electron chi connectivity index (χ3n) is 13.7. The fraction of sp³-hybridized carbons (Fsp3) is 0.203. The largest absolute Gasteiger partial charge is 0.508 e. The Bertz CT molecular complexity index is 4240. The molecule has 0 saturated carbocycles. The second-order valence-corrected chi connectivity index (χ2v) is 19.1. The molecule has 6 heterocycles. The van der Waals surface area contributed by atoms with Gasteiger partial charge in [0.15, 0.2) is 11.2 Å². The number of rotatable bonds is 9. The monoisotopic (exact) mass is 1110 g/mol. The fourth-order valence-electron chi connectivity index (χ4n) is 9.32. The minimum Gasteiger partial charge on any atom is -0.508 e. The summed E-state index contributed by atoms with van der Waals surface area (Å²) in [6.45, 7) is 1.85. The number of para-hydroxylation sites is 2. The maximum Gasteiger partial charge on any atom is 0.332 e. The van der Waals surface area contributed by atoms with Gasteiger partial charge in [-0.3, -0.25) is 57.7 Å². The van der Waals surface area contributed by atoms with Crippen LogP contribution in [0.25, 0.3) is 44.2 Å². The first-order chi connectivity index (χ1) is 39.1. The number of aryl methyl sites for hydroxylation is 3. The number of pyridine rings is 1. The van der Waals surface area contributed by atoms with E-state index in [1.54, 1.807) is 118 Å². The molecule has 2 aliphatic rings. The molecule has 9 aromatic rings. The number of carbonyl (C=O) groups is 6. The standard InChI is InChI=1S/C18H16N2O3.C15H10O5.C13H18N4O3.C13H10N2O4/c1-19(12-8-4-3-5-9-12)17(22)15-16(21)13-10-6-7-11-14(13)20(2)18(15)23;16-9-3-1-8(2-4-9)11-7-20-13-6-10(17)5-12(18)14(13)15(11)19;1-9(18)6-4-5-7-17-12(19)10-11(14-8-15(10)2)16(3)13(17)20;16-10-6-5-9(11(17)14-10)15-12(18)7-3-1-2-4-8(7)13(15)19/h3-11,21H,1-2H3;1-7,16-18H;8H,4-7H2,1-3H3;1-4,9H,5-6H2,(H,14,16,17). The molecular formula is C59H54N8O15. The average molecular weight is 1120 g/mol. The van der Waals surface area contributed by atoms with Gasteiger partial charge in [-0.1, -0.05) is 54.6 Å². The van der Waals surface area contributed by atoms with Gasteiger partial charge in [0, 0.05) is 70.8 Å². The highest BCUT2D eigenvalue weighted by Gasteiger charge is 2.44. The van der Waals surface area contributed by atoms with Crippen molar-refractivity contribution in [2.45, 2.75) is 51.6 Å². The molecule has 11 rings (SSSR count). The van der Waals surface area contributed by atoms with Crippen LogP contribution in [0.1, 0.15) is 70.1 Å². The average Bonchev–Trinajstić information content (AvgIpc) is 3.24. The van der Waals surface area contributed by atoms with Gasteiger partial charge in [0.1, 0.15) is 57.6 Å². The number of unbranched alkanes of at least 4 members (excludes halogenated alkanes) is 1. The summed E-state index contributed by atoms with van der Waals surface area (Å²) in [5.41, 5.74) is 1.71. The number of carbonyl (C=O) groups excluding carboxylic acids is 6. The van der Waals surface area contributed by atoms with E-state index in [9.17, 15) is 68.4 Å². The molecule has 1 unspecified atom stereocenters. The maximum atomic E-state index is 12.7. The molecule has 23 heteroatoms. The smallest absolute Gasteiger partial charge is 0.332 e. The number of piperidine rings is 1. The van der Waals surface area contributed by atoms with Crippen molar-refractivity contribution in [3.05, 3.63) is 186 Å². The summed E-state index contributed by atoms with van der Waals surface area (Å²) in [6, 6.07) is 29.9. The van der Waals surface area contributed by atoms with Crippen LogP contribution in [0.5, 0.6) is 23.0 Å². The second-order valence-electron chi connectivity index (χ2n) is 19.1. The lowest BCUT2D eigenvalue weighted by molar-refractivity contribution is -0.136. The normalized spacial score (nSPS) is 13.6. The quantitative estimate of drug-likeness (QED) is 0.0895. The molecule has 2 aliphatic heterocycles. The first-order valence-corrected chi connectivity index (χ1v) is 25.4. The van der Waals surface area contributed by atoms with Crippen LogP contribution in [0.3, 0.4) is 0 Å². The number of imidazole rings is 1. The number of Topliss-reactive ketones (excluding diaryl/α,β-unsaturated/α-hetero) is 1. The first kappa shape index (κ1) is 57.5. The van der Waals surface area contributed by atoms with Crippen LogP contribution >= 0.6 is 0 Å². The Hall–Kier alpha value is -10.7. The molecule has 0 aliphatic carbocycles. The lowest BCUT2D eigenvalue weighted by atomic mass is 10.0. The van der Waals surface area contributed by atoms with Crippen LogP contribution in [-0.2, 0) is 42.1 Å². The molecule has 4 aromatic heterocycles. The summed E-state index contributed by atoms with van der Waals surface area (Å²) in [7, 11) is 6.49. The Labute approximate surface area is 464 Å². The van der Waals surface area contributed by atoms with Crippen LogP contribution in [0.15, 0.2) is 151 Å². The summed E-state index contributed by atoms with van der Waals surface area (Å²) < 4.78 is 10.9. The molecule has 5 N–H and O–H groups in total. The Balaban J connectivity index is 0.000000143. The van der Waals surface area contributed by atoms with E-state index in [0.717, 1.165) is 11.0 Å². The van der Waals surface area contributed by atoms with E-state index in [4.69, 9.17) is 4.42 Å². The zero-order valence-corrected chi connectivity index (χ0v) is 44.9. The molecule has 0 radical (unpaired) electrons. The van der Waals surface area contributed by atoms with Crippen LogP contribution in [-0.4, -0.2) is 97.0 Å². The van der Waals surface area contributed by atoms with E-state index in [2.05, 4.69) is 10.3 Å².